The first-order chi connectivity index (χ1) is 13.1. The van der Waals surface area contributed by atoms with Gasteiger partial charge < -0.3 is 9.32 Å². The molecular formula is C19H17F2N3O2S. The van der Waals surface area contributed by atoms with Crippen LogP contribution in [0.4, 0.5) is 8.78 Å². The van der Waals surface area contributed by atoms with E-state index in [1.54, 1.807) is 29.4 Å². The second-order valence-corrected chi connectivity index (χ2v) is 7.56. The van der Waals surface area contributed by atoms with Crippen LogP contribution in [0.5, 0.6) is 0 Å². The molecule has 1 atom stereocenters. The molecule has 1 aliphatic heterocycles. The van der Waals surface area contributed by atoms with Crippen molar-refractivity contribution in [3.63, 3.8) is 0 Å². The molecule has 0 aliphatic carbocycles. The number of H-pyrrole nitrogens is 1. The summed E-state index contributed by atoms with van der Waals surface area (Å²) in [4.78, 5) is 14.5. The fourth-order valence-electron chi connectivity index (χ4n) is 3.13. The van der Waals surface area contributed by atoms with Crippen molar-refractivity contribution in [3.05, 3.63) is 65.6 Å². The van der Waals surface area contributed by atoms with E-state index in [2.05, 4.69) is 10.2 Å². The van der Waals surface area contributed by atoms with Crippen LogP contribution < -0.4 is 0 Å². The van der Waals surface area contributed by atoms with Crippen LogP contribution in [-0.2, 0) is 0 Å². The van der Waals surface area contributed by atoms with E-state index in [9.17, 15) is 13.6 Å². The standard InChI is InChI=1S/C19H17F2N3O2S/c20-12-3-4-14(21)13(10-12)18-5-6-24(7-9-27-18)19(25)16-11-15(22-23-16)17-2-1-8-26-17/h1-4,8,10-11,18H,5-7,9H2,(H,22,23)/t18-/m1/s1. The van der Waals surface area contributed by atoms with Crippen LogP contribution in [-0.4, -0.2) is 39.8 Å². The van der Waals surface area contributed by atoms with Gasteiger partial charge >= 0.3 is 0 Å². The van der Waals surface area contributed by atoms with E-state index in [4.69, 9.17) is 4.42 Å². The van der Waals surface area contributed by atoms with E-state index < -0.39 is 11.6 Å². The van der Waals surface area contributed by atoms with E-state index in [1.807, 2.05) is 0 Å². The van der Waals surface area contributed by atoms with Gasteiger partial charge in [0.1, 0.15) is 17.3 Å². The molecule has 1 N–H and O–H groups in total. The number of carbonyl (C=O) groups is 1. The Kier molecular flexibility index (Phi) is 4.98. The second kappa shape index (κ2) is 7.56. The van der Waals surface area contributed by atoms with Crippen molar-refractivity contribution < 1.29 is 18.0 Å². The zero-order valence-electron chi connectivity index (χ0n) is 14.3. The topological polar surface area (TPSA) is 62.1 Å². The van der Waals surface area contributed by atoms with Crippen molar-refractivity contribution in [2.45, 2.75) is 11.7 Å². The Hall–Kier alpha value is -2.61. The van der Waals surface area contributed by atoms with Crippen molar-refractivity contribution in [1.82, 2.24) is 15.1 Å². The molecule has 0 spiro atoms. The van der Waals surface area contributed by atoms with Crippen LogP contribution in [0.3, 0.4) is 0 Å². The number of hydrogen-bond acceptors (Lipinski definition) is 4. The van der Waals surface area contributed by atoms with Gasteiger partial charge in [-0.3, -0.25) is 9.89 Å². The minimum atomic E-state index is -0.453. The summed E-state index contributed by atoms with van der Waals surface area (Å²) < 4.78 is 32.8. The van der Waals surface area contributed by atoms with Crippen molar-refractivity contribution >= 4 is 17.7 Å². The third kappa shape index (κ3) is 3.75. The molecule has 3 heterocycles. The SMILES string of the molecule is O=C(c1cc(-c2ccco2)[nH]n1)N1CCS[C@@H](c2cc(F)ccc2F)CC1. The average molecular weight is 389 g/mol. The van der Waals surface area contributed by atoms with E-state index in [0.29, 0.717) is 48.0 Å². The van der Waals surface area contributed by atoms with Gasteiger partial charge in [0.25, 0.3) is 5.91 Å². The van der Waals surface area contributed by atoms with Gasteiger partial charge in [-0.05, 0) is 36.8 Å². The number of nitrogens with one attached hydrogen (secondary N) is 1. The molecule has 1 saturated heterocycles. The fourth-order valence-corrected chi connectivity index (χ4v) is 4.38. The Morgan fingerprint density at radius 2 is 2.15 bits per heavy atom. The summed E-state index contributed by atoms with van der Waals surface area (Å²) in [7, 11) is 0. The molecule has 0 bridgehead atoms. The van der Waals surface area contributed by atoms with Gasteiger partial charge in [0.05, 0.1) is 6.26 Å². The van der Waals surface area contributed by atoms with Crippen LogP contribution in [0.25, 0.3) is 11.5 Å². The van der Waals surface area contributed by atoms with E-state index >= 15 is 0 Å². The fraction of sp³-hybridized carbons (Fsp3) is 0.263. The normalized spacial score (nSPS) is 17.7. The quantitative estimate of drug-likeness (QED) is 0.727. The van der Waals surface area contributed by atoms with Gasteiger partial charge in [0.2, 0.25) is 0 Å². The van der Waals surface area contributed by atoms with Crippen LogP contribution in [0, 0.1) is 11.6 Å². The number of halogens is 2. The number of nitrogens with zero attached hydrogens (tertiary/aromatic N) is 2. The first-order valence-corrected chi connectivity index (χ1v) is 9.62. The molecule has 1 amide bonds. The van der Waals surface area contributed by atoms with Crippen molar-refractivity contribution in [1.29, 1.82) is 0 Å². The number of benzene rings is 1. The summed E-state index contributed by atoms with van der Waals surface area (Å²) in [6, 6.07) is 8.71. The largest absolute Gasteiger partial charge is 0.463 e. The van der Waals surface area contributed by atoms with E-state index in [1.165, 1.54) is 17.8 Å². The second-order valence-electron chi connectivity index (χ2n) is 6.25. The highest BCUT2D eigenvalue weighted by Gasteiger charge is 2.26. The van der Waals surface area contributed by atoms with Gasteiger partial charge in [-0.2, -0.15) is 16.9 Å². The third-order valence-electron chi connectivity index (χ3n) is 4.52. The number of hydrogen-bond donors (Lipinski definition) is 1. The maximum atomic E-state index is 14.1. The van der Waals surface area contributed by atoms with Gasteiger partial charge in [-0.25, -0.2) is 8.78 Å². The third-order valence-corrected chi connectivity index (χ3v) is 5.83. The smallest absolute Gasteiger partial charge is 0.274 e. The monoisotopic (exact) mass is 389 g/mol. The highest BCUT2D eigenvalue weighted by atomic mass is 32.2. The maximum Gasteiger partial charge on any atom is 0.274 e. The predicted octanol–water partition coefficient (Wildman–Crippen LogP) is 4.27. The van der Waals surface area contributed by atoms with Crippen LogP contribution in [0.1, 0.15) is 27.7 Å². The van der Waals surface area contributed by atoms with E-state index in [0.717, 1.165) is 12.1 Å². The lowest BCUT2D eigenvalue weighted by Crippen LogP contribution is -2.33. The number of aromatic nitrogens is 2. The van der Waals surface area contributed by atoms with Crippen LogP contribution >= 0.6 is 11.8 Å². The zero-order chi connectivity index (χ0) is 18.8. The Labute approximate surface area is 158 Å². The molecular weight excluding hydrogens is 372 g/mol. The summed E-state index contributed by atoms with van der Waals surface area (Å²) in [5.74, 6) is 0.191. The molecule has 0 unspecified atom stereocenters. The minimum absolute atomic E-state index is 0.184. The molecule has 1 aliphatic rings. The summed E-state index contributed by atoms with van der Waals surface area (Å²) in [6.07, 6.45) is 2.10. The van der Waals surface area contributed by atoms with Crippen LogP contribution in [0.15, 0.2) is 47.1 Å². The number of rotatable bonds is 3. The first-order valence-electron chi connectivity index (χ1n) is 8.57. The minimum Gasteiger partial charge on any atom is -0.463 e. The van der Waals surface area contributed by atoms with Crippen molar-refractivity contribution in [3.8, 4) is 11.5 Å². The van der Waals surface area contributed by atoms with Crippen molar-refractivity contribution in [2.24, 2.45) is 0 Å². The molecule has 140 valence electrons. The molecule has 4 rings (SSSR count). The number of furan rings is 1. The highest BCUT2D eigenvalue weighted by molar-refractivity contribution is 7.99. The Bertz CT molecular complexity index is 942. The Morgan fingerprint density at radius 3 is 2.96 bits per heavy atom. The summed E-state index contributed by atoms with van der Waals surface area (Å²) in [5, 5.41) is 6.71. The molecule has 27 heavy (non-hydrogen) atoms. The maximum absolute atomic E-state index is 14.1. The Balaban J connectivity index is 1.46. The van der Waals surface area contributed by atoms with Gasteiger partial charge in [-0.15, -0.1) is 0 Å². The van der Waals surface area contributed by atoms with Crippen molar-refractivity contribution in [2.75, 3.05) is 18.8 Å². The number of aromatic amines is 1. The Morgan fingerprint density at radius 1 is 1.26 bits per heavy atom. The zero-order valence-corrected chi connectivity index (χ0v) is 15.1. The number of amides is 1. The molecule has 1 aromatic carbocycles. The highest BCUT2D eigenvalue weighted by Crippen LogP contribution is 2.36. The summed E-state index contributed by atoms with van der Waals surface area (Å²) >= 11 is 1.54. The lowest BCUT2D eigenvalue weighted by molar-refractivity contribution is 0.0760. The van der Waals surface area contributed by atoms with Gasteiger partial charge in [0, 0.05) is 35.7 Å². The lowest BCUT2D eigenvalue weighted by atomic mass is 10.1. The molecule has 3 aromatic rings. The molecule has 1 fully saturated rings. The van der Waals surface area contributed by atoms with Gasteiger partial charge in [0.15, 0.2) is 11.5 Å². The summed E-state index contributed by atoms with van der Waals surface area (Å²) in [6.45, 7) is 0.981. The molecule has 2 aromatic heterocycles. The molecule has 8 heteroatoms. The summed E-state index contributed by atoms with van der Waals surface area (Å²) in [5.41, 5.74) is 1.29. The molecule has 0 saturated carbocycles. The van der Waals surface area contributed by atoms with Gasteiger partial charge in [-0.1, -0.05) is 0 Å². The van der Waals surface area contributed by atoms with Crippen LogP contribution in [0.2, 0.25) is 0 Å². The number of thioether (sulfide) groups is 1. The average Bonchev–Trinajstić information content (AvgIpc) is 3.31. The van der Waals surface area contributed by atoms with E-state index in [-0.39, 0.29) is 11.2 Å². The molecule has 0 radical (unpaired) electrons. The molecule has 5 nitrogen and oxygen atoms in total. The number of carbonyl (C=O) groups excluding carboxylic acids is 1. The lowest BCUT2D eigenvalue weighted by Gasteiger charge is -2.19. The predicted molar refractivity (Wildman–Crippen MR) is 98.4 cm³/mol. The first kappa shape index (κ1) is 17.8.